The summed E-state index contributed by atoms with van der Waals surface area (Å²) < 4.78 is 7.06. The molecule has 0 aliphatic rings. The van der Waals surface area contributed by atoms with Crippen LogP contribution < -0.4 is 10.1 Å². The number of halogens is 1. The van der Waals surface area contributed by atoms with E-state index in [0.717, 1.165) is 12.3 Å². The molecule has 0 spiro atoms. The third-order valence-corrected chi connectivity index (χ3v) is 4.93. The van der Waals surface area contributed by atoms with Crippen LogP contribution in [0.25, 0.3) is 0 Å². The molecule has 0 saturated carbocycles. The summed E-state index contributed by atoms with van der Waals surface area (Å²) in [4.78, 5) is 1.32. The van der Waals surface area contributed by atoms with Crippen molar-refractivity contribution in [2.75, 3.05) is 0 Å². The maximum Gasteiger partial charge on any atom is 0.124 e. The summed E-state index contributed by atoms with van der Waals surface area (Å²) in [6.45, 7) is 7.13. The Morgan fingerprint density at radius 2 is 1.95 bits per heavy atom. The maximum atomic E-state index is 5.88. The average Bonchev–Trinajstić information content (AvgIpc) is 2.81. The summed E-state index contributed by atoms with van der Waals surface area (Å²) in [6, 6.07) is 10.6. The van der Waals surface area contributed by atoms with E-state index < -0.39 is 0 Å². The predicted octanol–water partition coefficient (Wildman–Crippen LogP) is 5.15. The van der Waals surface area contributed by atoms with Gasteiger partial charge in [0.05, 0.1) is 6.10 Å². The first-order valence-corrected chi connectivity index (χ1v) is 8.46. The van der Waals surface area contributed by atoms with Crippen molar-refractivity contribution in [2.24, 2.45) is 0 Å². The SMILES string of the molecule is CC(C)Oc1ccccc1C(C)NCc1sccc1Br. The van der Waals surface area contributed by atoms with Crippen molar-refractivity contribution in [3.63, 3.8) is 0 Å². The molecule has 0 saturated heterocycles. The van der Waals surface area contributed by atoms with Gasteiger partial charge in [0, 0.05) is 27.5 Å². The first-order chi connectivity index (χ1) is 9.58. The van der Waals surface area contributed by atoms with Gasteiger partial charge in [-0.25, -0.2) is 0 Å². The van der Waals surface area contributed by atoms with Gasteiger partial charge in [-0.3, -0.25) is 0 Å². The number of thiophene rings is 1. The lowest BCUT2D eigenvalue weighted by Gasteiger charge is -2.19. The Bertz CT molecular complexity index is 553. The van der Waals surface area contributed by atoms with E-state index >= 15 is 0 Å². The molecule has 20 heavy (non-hydrogen) atoms. The molecule has 1 unspecified atom stereocenters. The molecule has 4 heteroatoms. The van der Waals surface area contributed by atoms with E-state index in [1.54, 1.807) is 11.3 Å². The zero-order valence-electron chi connectivity index (χ0n) is 12.0. The fourth-order valence-electron chi connectivity index (χ4n) is 2.01. The van der Waals surface area contributed by atoms with E-state index in [2.05, 4.69) is 65.6 Å². The summed E-state index contributed by atoms with van der Waals surface area (Å²) in [5.74, 6) is 0.966. The van der Waals surface area contributed by atoms with E-state index in [9.17, 15) is 0 Å². The highest BCUT2D eigenvalue weighted by atomic mass is 79.9. The lowest BCUT2D eigenvalue weighted by atomic mass is 10.1. The first kappa shape index (κ1) is 15.5. The number of benzene rings is 1. The molecule has 1 aromatic carbocycles. The lowest BCUT2D eigenvalue weighted by molar-refractivity contribution is 0.238. The fraction of sp³-hybridized carbons (Fsp3) is 0.375. The molecule has 2 nitrogen and oxygen atoms in total. The van der Waals surface area contributed by atoms with Crippen molar-refractivity contribution < 1.29 is 4.74 Å². The number of ether oxygens (including phenoxy) is 1. The van der Waals surface area contributed by atoms with E-state index in [1.807, 2.05) is 12.1 Å². The van der Waals surface area contributed by atoms with E-state index in [0.29, 0.717) is 0 Å². The van der Waals surface area contributed by atoms with Crippen LogP contribution >= 0.6 is 27.3 Å². The molecule has 0 fully saturated rings. The lowest BCUT2D eigenvalue weighted by Crippen LogP contribution is -2.19. The van der Waals surface area contributed by atoms with Crippen LogP contribution in [-0.2, 0) is 6.54 Å². The molecule has 1 atom stereocenters. The van der Waals surface area contributed by atoms with Gasteiger partial charge < -0.3 is 10.1 Å². The van der Waals surface area contributed by atoms with Crippen molar-refractivity contribution in [3.05, 3.63) is 50.6 Å². The summed E-state index contributed by atoms with van der Waals surface area (Å²) in [7, 11) is 0. The molecule has 2 rings (SSSR count). The van der Waals surface area contributed by atoms with Crippen LogP contribution in [0.2, 0.25) is 0 Å². The third-order valence-electron chi connectivity index (χ3n) is 3.01. The molecule has 1 heterocycles. The largest absolute Gasteiger partial charge is 0.491 e. The first-order valence-electron chi connectivity index (χ1n) is 6.78. The smallest absolute Gasteiger partial charge is 0.124 e. The molecule has 0 aliphatic carbocycles. The van der Waals surface area contributed by atoms with Crippen LogP contribution in [0.15, 0.2) is 40.2 Å². The zero-order valence-corrected chi connectivity index (χ0v) is 14.4. The second-order valence-electron chi connectivity index (χ2n) is 5.00. The Balaban J connectivity index is 2.05. The molecule has 0 radical (unpaired) electrons. The van der Waals surface area contributed by atoms with Crippen LogP contribution in [0.1, 0.15) is 37.3 Å². The van der Waals surface area contributed by atoms with Crippen LogP contribution in [-0.4, -0.2) is 6.10 Å². The van der Waals surface area contributed by atoms with Gasteiger partial charge in [0.2, 0.25) is 0 Å². The summed E-state index contributed by atoms with van der Waals surface area (Å²) in [5, 5.41) is 5.65. The quantitative estimate of drug-likeness (QED) is 0.775. The molecule has 2 aromatic rings. The normalized spacial score (nSPS) is 12.7. The highest BCUT2D eigenvalue weighted by molar-refractivity contribution is 9.10. The molecule has 108 valence electrons. The topological polar surface area (TPSA) is 21.3 Å². The molecule has 0 aliphatic heterocycles. The Morgan fingerprint density at radius 1 is 1.20 bits per heavy atom. The Hall–Kier alpha value is -0.840. The molecule has 0 bridgehead atoms. The molecule has 0 amide bonds. The highest BCUT2D eigenvalue weighted by Gasteiger charge is 2.12. The van der Waals surface area contributed by atoms with Crippen molar-refractivity contribution in [1.29, 1.82) is 0 Å². The van der Waals surface area contributed by atoms with Crippen molar-refractivity contribution in [1.82, 2.24) is 5.32 Å². The fourth-order valence-corrected chi connectivity index (χ4v) is 3.45. The number of rotatable bonds is 6. The minimum atomic E-state index is 0.190. The molecular formula is C16H20BrNOS. The Morgan fingerprint density at radius 3 is 2.60 bits per heavy atom. The Labute approximate surface area is 133 Å². The van der Waals surface area contributed by atoms with Crippen LogP contribution in [0.3, 0.4) is 0 Å². The van der Waals surface area contributed by atoms with Crippen LogP contribution in [0, 0.1) is 0 Å². The second-order valence-corrected chi connectivity index (χ2v) is 6.85. The standard InChI is InChI=1S/C16H20BrNOS/c1-11(2)19-15-7-5-4-6-13(15)12(3)18-10-16-14(17)8-9-20-16/h4-9,11-12,18H,10H2,1-3H3. The predicted molar refractivity (Wildman–Crippen MR) is 89.5 cm³/mol. The van der Waals surface area contributed by atoms with Gasteiger partial charge in [-0.2, -0.15) is 0 Å². The van der Waals surface area contributed by atoms with E-state index in [4.69, 9.17) is 4.74 Å². The number of hydrogen-bond acceptors (Lipinski definition) is 3. The number of nitrogens with one attached hydrogen (secondary N) is 1. The van der Waals surface area contributed by atoms with Gasteiger partial charge in [0.15, 0.2) is 0 Å². The minimum Gasteiger partial charge on any atom is -0.491 e. The second kappa shape index (κ2) is 7.25. The number of hydrogen-bond donors (Lipinski definition) is 1. The minimum absolute atomic E-state index is 0.190. The zero-order chi connectivity index (χ0) is 14.5. The van der Waals surface area contributed by atoms with E-state index in [-0.39, 0.29) is 12.1 Å². The third kappa shape index (κ3) is 4.08. The van der Waals surface area contributed by atoms with Crippen molar-refractivity contribution in [3.8, 4) is 5.75 Å². The Kier molecular flexibility index (Phi) is 5.64. The van der Waals surface area contributed by atoms with Gasteiger partial charge in [-0.05, 0) is 54.2 Å². The van der Waals surface area contributed by atoms with Gasteiger partial charge in [0.25, 0.3) is 0 Å². The summed E-state index contributed by atoms with van der Waals surface area (Å²) in [5.41, 5.74) is 1.20. The van der Waals surface area contributed by atoms with Crippen molar-refractivity contribution >= 4 is 27.3 Å². The maximum absolute atomic E-state index is 5.88. The van der Waals surface area contributed by atoms with Gasteiger partial charge in [0.1, 0.15) is 5.75 Å². The van der Waals surface area contributed by atoms with Crippen molar-refractivity contribution in [2.45, 2.75) is 39.5 Å². The molecule has 1 N–H and O–H groups in total. The monoisotopic (exact) mass is 353 g/mol. The molecule has 1 aromatic heterocycles. The van der Waals surface area contributed by atoms with Gasteiger partial charge in [-0.15, -0.1) is 11.3 Å². The summed E-state index contributed by atoms with van der Waals surface area (Å²) in [6.07, 6.45) is 0.190. The molecular weight excluding hydrogens is 334 g/mol. The van der Waals surface area contributed by atoms with Crippen LogP contribution in [0.4, 0.5) is 0 Å². The van der Waals surface area contributed by atoms with Gasteiger partial charge >= 0.3 is 0 Å². The number of para-hydroxylation sites is 1. The summed E-state index contributed by atoms with van der Waals surface area (Å²) >= 11 is 5.33. The van der Waals surface area contributed by atoms with E-state index in [1.165, 1.54) is 14.9 Å². The average molecular weight is 354 g/mol. The highest BCUT2D eigenvalue weighted by Crippen LogP contribution is 2.27. The van der Waals surface area contributed by atoms with Gasteiger partial charge in [-0.1, -0.05) is 18.2 Å². The van der Waals surface area contributed by atoms with Crippen LogP contribution in [0.5, 0.6) is 5.75 Å².